The first-order valence-electron chi connectivity index (χ1n) is 9.78. The molecule has 1 N–H and O–H groups in total. The number of benzene rings is 2. The van der Waals surface area contributed by atoms with Crippen LogP contribution in [-0.2, 0) is 16.4 Å². The van der Waals surface area contributed by atoms with E-state index in [1.54, 1.807) is 10.9 Å². The molecule has 7 heteroatoms. The minimum Gasteiger partial charge on any atom is -0.239 e. The molecule has 0 bridgehead atoms. The topological polar surface area (TPSA) is 64.0 Å². The smallest absolute Gasteiger partial charge is 0.239 e. The molecular weight excluding hydrogens is 414 g/mol. The van der Waals surface area contributed by atoms with Gasteiger partial charge in [-0.05, 0) is 48.9 Å². The average molecular weight is 438 g/mol. The third-order valence-electron chi connectivity index (χ3n) is 4.81. The van der Waals surface area contributed by atoms with E-state index in [9.17, 15) is 8.42 Å². The highest BCUT2D eigenvalue weighted by atomic mass is 32.2. The fourth-order valence-corrected chi connectivity index (χ4v) is 5.47. The van der Waals surface area contributed by atoms with E-state index in [0.717, 1.165) is 17.0 Å². The molecule has 154 valence electrons. The van der Waals surface area contributed by atoms with Gasteiger partial charge < -0.3 is 0 Å². The van der Waals surface area contributed by atoms with Crippen LogP contribution in [0.2, 0.25) is 0 Å². The molecule has 2 aromatic heterocycles. The molecule has 30 heavy (non-hydrogen) atoms. The van der Waals surface area contributed by atoms with Crippen molar-refractivity contribution in [3.05, 3.63) is 89.9 Å². The zero-order valence-electron chi connectivity index (χ0n) is 16.6. The van der Waals surface area contributed by atoms with Crippen LogP contribution in [-0.4, -0.2) is 24.2 Å². The molecule has 0 amide bonds. The zero-order valence-corrected chi connectivity index (χ0v) is 18.2. The summed E-state index contributed by atoms with van der Waals surface area (Å²) in [6.07, 6.45) is 3.12. The molecule has 0 spiro atoms. The van der Waals surface area contributed by atoms with Crippen molar-refractivity contribution in [3.63, 3.8) is 0 Å². The Morgan fingerprint density at radius 1 is 1.00 bits per heavy atom. The number of hydrogen-bond acceptors (Lipinski definition) is 4. The maximum absolute atomic E-state index is 13.3. The molecule has 4 rings (SSSR count). The van der Waals surface area contributed by atoms with Crippen LogP contribution in [0.5, 0.6) is 0 Å². The number of nitrogens with one attached hydrogen (secondary N) is 1. The van der Waals surface area contributed by atoms with Gasteiger partial charge in [-0.1, -0.05) is 54.6 Å². The summed E-state index contributed by atoms with van der Waals surface area (Å²) < 4.78 is 31.0. The Kier molecular flexibility index (Phi) is 6.13. The largest absolute Gasteiger partial charge is 0.244 e. The van der Waals surface area contributed by atoms with E-state index in [4.69, 9.17) is 0 Å². The minimum absolute atomic E-state index is 0.195. The first kappa shape index (κ1) is 20.5. The first-order valence-corrected chi connectivity index (χ1v) is 12.1. The van der Waals surface area contributed by atoms with E-state index >= 15 is 0 Å². The molecule has 0 aliphatic rings. The highest BCUT2D eigenvalue weighted by molar-refractivity contribution is 7.89. The van der Waals surface area contributed by atoms with Crippen LogP contribution >= 0.6 is 11.3 Å². The van der Waals surface area contributed by atoms with E-state index in [2.05, 4.69) is 22.0 Å². The summed E-state index contributed by atoms with van der Waals surface area (Å²) in [6.45, 7) is 1.90. The summed E-state index contributed by atoms with van der Waals surface area (Å²) in [6, 6.07) is 23.2. The van der Waals surface area contributed by atoms with Crippen LogP contribution in [0.25, 0.3) is 16.3 Å². The average Bonchev–Trinajstić information content (AvgIpc) is 3.43. The third-order valence-corrected chi connectivity index (χ3v) is 7.28. The highest BCUT2D eigenvalue weighted by Crippen LogP contribution is 2.30. The Labute approximate surface area is 181 Å². The maximum atomic E-state index is 13.3. The van der Waals surface area contributed by atoms with Crippen LogP contribution in [0.3, 0.4) is 0 Å². The number of rotatable bonds is 8. The van der Waals surface area contributed by atoms with Crippen molar-refractivity contribution in [2.24, 2.45) is 0 Å². The molecule has 0 aliphatic heterocycles. The van der Waals surface area contributed by atoms with E-state index in [0.29, 0.717) is 12.1 Å². The molecule has 1 atom stereocenters. The number of nitrogens with zero attached hydrogens (tertiary/aromatic N) is 2. The molecule has 0 aliphatic carbocycles. The zero-order chi connectivity index (χ0) is 21.0. The SMILES string of the molecule is CC(CCc1ccccc1)NS(=O)(=O)c1cn(-c2ccccc2)nc1-c1cccs1. The van der Waals surface area contributed by atoms with E-state index in [-0.39, 0.29) is 10.9 Å². The van der Waals surface area contributed by atoms with E-state index in [1.807, 2.05) is 73.0 Å². The van der Waals surface area contributed by atoms with Crippen LogP contribution in [0.15, 0.2) is 89.3 Å². The van der Waals surface area contributed by atoms with Crippen LogP contribution < -0.4 is 4.72 Å². The molecule has 0 radical (unpaired) electrons. The third kappa shape index (κ3) is 4.70. The number of sulfonamides is 1. The number of aromatic nitrogens is 2. The predicted molar refractivity (Wildman–Crippen MR) is 121 cm³/mol. The van der Waals surface area contributed by atoms with E-state index < -0.39 is 10.0 Å². The van der Waals surface area contributed by atoms with Crippen molar-refractivity contribution in [1.82, 2.24) is 14.5 Å². The van der Waals surface area contributed by atoms with Crippen LogP contribution in [0.4, 0.5) is 0 Å². The standard InChI is InChI=1S/C23H23N3O2S2/c1-18(14-15-19-9-4-2-5-10-19)25-30(27,28)22-17-26(20-11-6-3-7-12-20)24-23(22)21-13-8-16-29-21/h2-13,16-18,25H,14-15H2,1H3. The quantitative estimate of drug-likeness (QED) is 0.426. The molecule has 0 saturated heterocycles. The molecular formula is C23H23N3O2S2. The minimum atomic E-state index is -3.73. The van der Waals surface area contributed by atoms with Crippen molar-refractivity contribution in [2.75, 3.05) is 0 Å². The Morgan fingerprint density at radius 3 is 2.37 bits per heavy atom. The van der Waals surface area contributed by atoms with Gasteiger partial charge in [0.1, 0.15) is 10.6 Å². The molecule has 2 heterocycles. The molecule has 4 aromatic rings. The lowest BCUT2D eigenvalue weighted by Gasteiger charge is -2.14. The number of para-hydroxylation sites is 1. The Balaban J connectivity index is 1.60. The van der Waals surface area contributed by atoms with Gasteiger partial charge in [-0.3, -0.25) is 0 Å². The van der Waals surface area contributed by atoms with Gasteiger partial charge in [0, 0.05) is 6.04 Å². The lowest BCUT2D eigenvalue weighted by atomic mass is 10.1. The van der Waals surface area contributed by atoms with Crippen molar-refractivity contribution in [1.29, 1.82) is 0 Å². The van der Waals surface area contributed by atoms with Gasteiger partial charge in [-0.15, -0.1) is 11.3 Å². The Hall–Kier alpha value is -2.74. The summed E-state index contributed by atoms with van der Waals surface area (Å²) >= 11 is 1.47. The summed E-state index contributed by atoms with van der Waals surface area (Å²) in [5, 5.41) is 6.52. The van der Waals surface area contributed by atoms with E-state index in [1.165, 1.54) is 16.9 Å². The van der Waals surface area contributed by atoms with Crippen LogP contribution in [0, 0.1) is 0 Å². The molecule has 2 aromatic carbocycles. The lowest BCUT2D eigenvalue weighted by Crippen LogP contribution is -2.33. The number of hydrogen-bond donors (Lipinski definition) is 1. The number of thiophene rings is 1. The van der Waals surface area contributed by atoms with Crippen LogP contribution in [0.1, 0.15) is 18.9 Å². The number of aryl methyl sites for hydroxylation is 1. The normalized spacial score (nSPS) is 12.7. The molecule has 1 unspecified atom stereocenters. The van der Waals surface area contributed by atoms with Gasteiger partial charge in [0.05, 0.1) is 16.8 Å². The summed E-state index contributed by atoms with van der Waals surface area (Å²) in [5.41, 5.74) is 2.48. The van der Waals surface area contributed by atoms with Gasteiger partial charge in [0.25, 0.3) is 0 Å². The summed E-state index contributed by atoms with van der Waals surface area (Å²) in [5.74, 6) is 0. The Morgan fingerprint density at radius 2 is 1.70 bits per heavy atom. The first-order chi connectivity index (χ1) is 14.5. The monoisotopic (exact) mass is 437 g/mol. The predicted octanol–water partition coefficient (Wildman–Crippen LogP) is 4.90. The molecule has 0 fully saturated rings. The maximum Gasteiger partial charge on any atom is 0.244 e. The second-order valence-corrected chi connectivity index (χ2v) is 9.78. The van der Waals surface area contributed by atoms with Gasteiger partial charge in [-0.2, -0.15) is 5.10 Å². The van der Waals surface area contributed by atoms with Gasteiger partial charge in [-0.25, -0.2) is 17.8 Å². The molecule has 5 nitrogen and oxygen atoms in total. The Bertz CT molecular complexity index is 1190. The fourth-order valence-electron chi connectivity index (χ4n) is 3.27. The van der Waals surface area contributed by atoms with Gasteiger partial charge in [0.2, 0.25) is 10.0 Å². The van der Waals surface area contributed by atoms with Crippen molar-refractivity contribution in [3.8, 4) is 16.3 Å². The summed E-state index contributed by atoms with van der Waals surface area (Å²) in [4.78, 5) is 1.02. The fraction of sp³-hybridized carbons (Fsp3) is 0.174. The second kappa shape index (κ2) is 8.95. The highest BCUT2D eigenvalue weighted by Gasteiger charge is 2.26. The van der Waals surface area contributed by atoms with Crippen molar-refractivity contribution >= 4 is 21.4 Å². The lowest BCUT2D eigenvalue weighted by molar-refractivity contribution is 0.547. The van der Waals surface area contributed by atoms with Gasteiger partial charge >= 0.3 is 0 Å². The molecule has 0 saturated carbocycles. The second-order valence-electron chi connectivity index (χ2n) is 7.15. The van der Waals surface area contributed by atoms with Crippen molar-refractivity contribution in [2.45, 2.75) is 30.7 Å². The van der Waals surface area contributed by atoms with Gasteiger partial charge in [0.15, 0.2) is 0 Å². The van der Waals surface area contributed by atoms with Crippen molar-refractivity contribution < 1.29 is 8.42 Å². The summed E-state index contributed by atoms with van der Waals surface area (Å²) in [7, 11) is -3.73.